The van der Waals surface area contributed by atoms with Crippen LogP contribution in [0.5, 0.6) is 5.75 Å². The van der Waals surface area contributed by atoms with Crippen molar-refractivity contribution in [3.63, 3.8) is 0 Å². The number of Topliss-reactive ketones (excluding diaryl/α,β-unsaturated/α-hetero) is 1. The summed E-state index contributed by atoms with van der Waals surface area (Å²) >= 11 is 0. The highest BCUT2D eigenvalue weighted by molar-refractivity contribution is 6.23. The third-order valence-electron chi connectivity index (χ3n) is 10.3. The number of carbonyl (C=O) groups excluding carboxylic acids is 4. The Hall–Kier alpha value is -4.10. The molecule has 7 nitrogen and oxygen atoms in total. The van der Waals surface area contributed by atoms with Gasteiger partial charge in [0.2, 0.25) is 11.8 Å². The van der Waals surface area contributed by atoms with Crippen LogP contribution in [-0.2, 0) is 25.7 Å². The number of carbonyl (C=O) groups is 4. The fraction of sp³-hybridized carbons (Fsp3) is 0.389. The summed E-state index contributed by atoms with van der Waals surface area (Å²) in [6.07, 6.45) is 5.69. The number of rotatable bonds is 4. The zero-order chi connectivity index (χ0) is 30.0. The van der Waals surface area contributed by atoms with E-state index in [1.807, 2.05) is 24.3 Å². The van der Waals surface area contributed by atoms with Gasteiger partial charge in [-0.15, -0.1) is 0 Å². The number of imide groups is 1. The Bertz CT molecular complexity index is 1640. The van der Waals surface area contributed by atoms with E-state index in [0.29, 0.717) is 28.7 Å². The van der Waals surface area contributed by atoms with Gasteiger partial charge in [-0.2, -0.15) is 0 Å². The summed E-state index contributed by atoms with van der Waals surface area (Å²) in [6, 6.07) is 15.5. The second kappa shape index (κ2) is 10.6. The first kappa shape index (κ1) is 27.7. The number of aryl methyl sites for hydroxylation is 1. The van der Waals surface area contributed by atoms with Crippen LogP contribution in [0.25, 0.3) is 0 Å². The van der Waals surface area contributed by atoms with Crippen molar-refractivity contribution in [2.24, 2.45) is 17.8 Å². The molecule has 2 saturated heterocycles. The van der Waals surface area contributed by atoms with Gasteiger partial charge in [-0.25, -0.2) is 0 Å². The van der Waals surface area contributed by atoms with Crippen molar-refractivity contribution >= 4 is 23.4 Å². The number of aromatic hydroxyl groups is 1. The Morgan fingerprint density at radius 2 is 1.65 bits per heavy atom. The minimum Gasteiger partial charge on any atom is -0.508 e. The van der Waals surface area contributed by atoms with E-state index in [4.69, 9.17) is 0 Å². The van der Waals surface area contributed by atoms with Crippen LogP contribution < -0.4 is 0 Å². The van der Waals surface area contributed by atoms with Gasteiger partial charge in [-0.3, -0.25) is 29.0 Å². The highest BCUT2D eigenvalue weighted by atomic mass is 16.3. The predicted molar refractivity (Wildman–Crippen MR) is 161 cm³/mol. The van der Waals surface area contributed by atoms with E-state index in [0.717, 1.165) is 43.6 Å². The molecule has 5 aliphatic rings. The third-order valence-corrected chi connectivity index (χ3v) is 10.3. The summed E-state index contributed by atoms with van der Waals surface area (Å²) in [6.45, 7) is 5.97. The van der Waals surface area contributed by atoms with Gasteiger partial charge in [-0.1, -0.05) is 54.1 Å². The largest absolute Gasteiger partial charge is 0.508 e. The second-order valence-electron chi connectivity index (χ2n) is 12.8. The van der Waals surface area contributed by atoms with E-state index in [-0.39, 0.29) is 47.5 Å². The average Bonchev–Trinajstić information content (AvgIpc) is 3.26. The number of nitrogens with zero attached hydrogens (tertiary/aromatic N) is 2. The highest BCUT2D eigenvalue weighted by Crippen LogP contribution is 2.55. The van der Waals surface area contributed by atoms with Gasteiger partial charge in [-0.05, 0) is 74.3 Å². The number of hydrogen-bond acceptors (Lipinski definition) is 6. The fourth-order valence-electron chi connectivity index (χ4n) is 8.16. The molecule has 3 aliphatic carbocycles. The van der Waals surface area contributed by atoms with Crippen LogP contribution in [0.15, 0.2) is 83.0 Å². The summed E-state index contributed by atoms with van der Waals surface area (Å²) in [5.74, 6) is -2.21. The molecule has 43 heavy (non-hydrogen) atoms. The molecule has 2 aromatic rings. The molecule has 0 unspecified atom stereocenters. The molecule has 220 valence electrons. The minimum atomic E-state index is -0.542. The van der Waals surface area contributed by atoms with Crippen molar-refractivity contribution in [2.75, 3.05) is 13.1 Å². The molecule has 0 bridgehead atoms. The van der Waals surface area contributed by atoms with Crippen LogP contribution in [0.3, 0.4) is 0 Å². The number of likely N-dealkylation sites (tertiary alicyclic amines) is 2. The molecule has 2 aliphatic heterocycles. The summed E-state index contributed by atoms with van der Waals surface area (Å²) in [7, 11) is 0. The number of phenolic OH excluding ortho intramolecular Hbond substituents is 1. The number of amides is 2. The second-order valence-corrected chi connectivity index (χ2v) is 12.8. The average molecular weight is 577 g/mol. The van der Waals surface area contributed by atoms with Crippen molar-refractivity contribution < 1.29 is 24.3 Å². The maximum Gasteiger partial charge on any atom is 0.233 e. The first-order valence-corrected chi connectivity index (χ1v) is 15.4. The first-order chi connectivity index (χ1) is 20.7. The van der Waals surface area contributed by atoms with Gasteiger partial charge in [0.1, 0.15) is 5.75 Å². The lowest BCUT2D eigenvalue weighted by atomic mass is 9.59. The third kappa shape index (κ3) is 4.52. The Morgan fingerprint density at radius 3 is 2.37 bits per heavy atom. The number of allylic oxidation sites excluding steroid dienone is 6. The highest BCUT2D eigenvalue weighted by Gasteiger charge is 2.57. The molecule has 2 heterocycles. The van der Waals surface area contributed by atoms with E-state index in [1.165, 1.54) is 11.6 Å². The van der Waals surface area contributed by atoms with Gasteiger partial charge < -0.3 is 5.11 Å². The molecule has 2 fully saturated rings. The maximum atomic E-state index is 14.2. The van der Waals surface area contributed by atoms with E-state index in [1.54, 1.807) is 30.9 Å². The van der Waals surface area contributed by atoms with Crippen molar-refractivity contribution in [3.8, 4) is 5.75 Å². The molecule has 2 aromatic carbocycles. The molecule has 7 heteroatoms. The van der Waals surface area contributed by atoms with Crippen LogP contribution in [0.2, 0.25) is 0 Å². The van der Waals surface area contributed by atoms with Gasteiger partial charge in [0, 0.05) is 48.3 Å². The SMILES string of the molecule is CC1=CC(=O)C2=C(C1=O)[C@@H](c1ccc(O)c(C)c1)C1=CC[C@@H]3C(=O)N(C4CCN(Cc5ccccc5)CC4)C(=O)[C@@H]3[C@@H]1C2. The van der Waals surface area contributed by atoms with Crippen LogP contribution in [0.4, 0.5) is 0 Å². The maximum absolute atomic E-state index is 14.2. The molecule has 4 atom stereocenters. The van der Waals surface area contributed by atoms with Gasteiger partial charge in [0.05, 0.1) is 11.8 Å². The predicted octanol–water partition coefficient (Wildman–Crippen LogP) is 4.79. The normalized spacial score (nSPS) is 28.0. The molecule has 1 N–H and O–H groups in total. The van der Waals surface area contributed by atoms with Gasteiger partial charge in [0.25, 0.3) is 0 Å². The fourth-order valence-corrected chi connectivity index (χ4v) is 8.16. The number of benzene rings is 2. The van der Waals surface area contributed by atoms with Crippen molar-refractivity contribution in [1.29, 1.82) is 0 Å². The van der Waals surface area contributed by atoms with Crippen molar-refractivity contribution in [1.82, 2.24) is 9.80 Å². The Balaban J connectivity index is 1.19. The molecule has 0 radical (unpaired) electrons. The standard InChI is InChI=1S/C36H36N2O5/c1-20-16-23(8-11-29(20)39)31-25-9-10-26-32(27(25)18-28-30(40)17-21(2)34(41)33(28)31)36(43)38(35(26)42)24-12-14-37(15-13-24)19-22-6-4-3-5-7-22/h3-9,11,16-17,24,26-27,31-32,39H,10,12-15,18-19H2,1-2H3/t26-,27+,31-,32-/m0/s1. The van der Waals surface area contributed by atoms with E-state index in [2.05, 4.69) is 23.1 Å². The Labute approximate surface area is 251 Å². The Morgan fingerprint density at radius 1 is 0.907 bits per heavy atom. The summed E-state index contributed by atoms with van der Waals surface area (Å²) in [5.41, 5.74) is 5.04. The molecular weight excluding hydrogens is 540 g/mol. The quantitative estimate of drug-likeness (QED) is 0.320. The summed E-state index contributed by atoms with van der Waals surface area (Å²) in [4.78, 5) is 59.0. The number of fused-ring (bicyclic) bond motifs is 3. The number of piperidine rings is 1. The lowest BCUT2D eigenvalue weighted by Crippen LogP contribution is -2.47. The van der Waals surface area contributed by atoms with E-state index in [9.17, 15) is 24.3 Å². The van der Waals surface area contributed by atoms with Crippen molar-refractivity contribution in [3.05, 3.63) is 99.7 Å². The Kier molecular flexibility index (Phi) is 6.81. The molecule has 0 spiro atoms. The van der Waals surface area contributed by atoms with Gasteiger partial charge in [0.15, 0.2) is 11.6 Å². The molecule has 7 rings (SSSR count). The molecule has 2 amide bonds. The lowest BCUT2D eigenvalue weighted by molar-refractivity contribution is -0.144. The van der Waals surface area contributed by atoms with E-state index >= 15 is 0 Å². The van der Waals surface area contributed by atoms with E-state index < -0.39 is 17.8 Å². The zero-order valence-electron chi connectivity index (χ0n) is 24.6. The zero-order valence-corrected chi connectivity index (χ0v) is 24.6. The van der Waals surface area contributed by atoms with Crippen LogP contribution in [0, 0.1) is 24.7 Å². The minimum absolute atomic E-state index is 0.0922. The van der Waals surface area contributed by atoms with Crippen LogP contribution in [0.1, 0.15) is 55.2 Å². The first-order valence-electron chi connectivity index (χ1n) is 15.4. The summed E-state index contributed by atoms with van der Waals surface area (Å²) < 4.78 is 0. The van der Waals surface area contributed by atoms with Gasteiger partial charge >= 0.3 is 0 Å². The molecular formula is C36H36N2O5. The van der Waals surface area contributed by atoms with Crippen molar-refractivity contribution in [2.45, 2.75) is 58.0 Å². The summed E-state index contributed by atoms with van der Waals surface area (Å²) in [5, 5.41) is 10.2. The number of phenols is 1. The lowest BCUT2D eigenvalue weighted by Gasteiger charge is -2.42. The monoisotopic (exact) mass is 576 g/mol. The number of hydrogen-bond donors (Lipinski definition) is 1. The molecule has 0 aromatic heterocycles. The number of ketones is 2. The topological polar surface area (TPSA) is 95.0 Å². The smallest absolute Gasteiger partial charge is 0.233 e. The van der Waals surface area contributed by atoms with Crippen LogP contribution >= 0.6 is 0 Å². The molecule has 0 saturated carbocycles. The van der Waals surface area contributed by atoms with Crippen LogP contribution in [-0.4, -0.2) is 57.4 Å².